The monoisotopic (exact) mass is 320 g/mol. The van der Waals surface area contributed by atoms with E-state index in [1.165, 1.54) is 0 Å². The zero-order valence-corrected chi connectivity index (χ0v) is 12.3. The van der Waals surface area contributed by atoms with Crippen molar-refractivity contribution < 1.29 is 4.74 Å². The summed E-state index contributed by atoms with van der Waals surface area (Å²) in [5, 5.41) is 1.88. The highest BCUT2D eigenvalue weighted by Crippen LogP contribution is 2.40. The van der Waals surface area contributed by atoms with Gasteiger partial charge in [0.15, 0.2) is 0 Å². The highest BCUT2D eigenvalue weighted by molar-refractivity contribution is 6.46. The number of hydrogen-bond acceptors (Lipinski definition) is 1. The molecule has 0 bridgehead atoms. The van der Waals surface area contributed by atoms with E-state index in [-0.39, 0.29) is 0 Å². The summed E-state index contributed by atoms with van der Waals surface area (Å²) in [6.07, 6.45) is 0. The molecular formula is C13H8Cl4O. The third kappa shape index (κ3) is 2.70. The van der Waals surface area contributed by atoms with Gasteiger partial charge in [0.1, 0.15) is 5.75 Å². The molecule has 0 aliphatic heterocycles. The Morgan fingerprint density at radius 3 is 2.22 bits per heavy atom. The quantitative estimate of drug-likeness (QED) is 0.618. The first-order chi connectivity index (χ1) is 8.52. The summed E-state index contributed by atoms with van der Waals surface area (Å²) in [5.74, 6) is 0.629. The van der Waals surface area contributed by atoms with Crippen molar-refractivity contribution in [1.29, 1.82) is 0 Å². The minimum absolute atomic E-state index is 0.397. The molecule has 0 saturated heterocycles. The van der Waals surface area contributed by atoms with Crippen LogP contribution in [0.15, 0.2) is 30.3 Å². The average molecular weight is 322 g/mol. The fourth-order valence-corrected chi connectivity index (χ4v) is 2.59. The summed E-state index contributed by atoms with van der Waals surface area (Å²) in [6.45, 7) is 0. The van der Waals surface area contributed by atoms with Crippen molar-refractivity contribution in [2.75, 3.05) is 7.11 Å². The maximum atomic E-state index is 6.18. The molecule has 0 unspecified atom stereocenters. The van der Waals surface area contributed by atoms with Crippen LogP contribution in [0.25, 0.3) is 11.1 Å². The lowest BCUT2D eigenvalue weighted by molar-refractivity contribution is 0.415. The maximum absolute atomic E-state index is 6.18. The molecule has 0 radical (unpaired) electrons. The topological polar surface area (TPSA) is 9.23 Å². The molecular weight excluding hydrogens is 314 g/mol. The normalized spacial score (nSPS) is 10.5. The fraction of sp³-hybridized carbons (Fsp3) is 0.0769. The van der Waals surface area contributed by atoms with Crippen LogP contribution in [0.2, 0.25) is 20.1 Å². The molecule has 0 fully saturated rings. The van der Waals surface area contributed by atoms with E-state index in [2.05, 4.69) is 0 Å². The average Bonchev–Trinajstić information content (AvgIpc) is 2.34. The number of halogens is 4. The van der Waals surface area contributed by atoms with Gasteiger partial charge in [0.2, 0.25) is 0 Å². The van der Waals surface area contributed by atoms with E-state index in [0.717, 1.165) is 5.56 Å². The summed E-state index contributed by atoms with van der Waals surface area (Å²) >= 11 is 24.4. The van der Waals surface area contributed by atoms with Gasteiger partial charge in [-0.1, -0.05) is 46.4 Å². The van der Waals surface area contributed by atoms with Crippen LogP contribution < -0.4 is 4.74 Å². The first-order valence-corrected chi connectivity index (χ1v) is 6.52. The molecule has 2 aromatic carbocycles. The summed E-state index contributed by atoms with van der Waals surface area (Å²) in [4.78, 5) is 0. The Bertz CT molecular complexity index is 596. The van der Waals surface area contributed by atoms with Crippen LogP contribution in [-0.4, -0.2) is 7.11 Å². The third-order valence-electron chi connectivity index (χ3n) is 2.44. The first-order valence-electron chi connectivity index (χ1n) is 5.01. The molecule has 0 aliphatic carbocycles. The Kier molecular flexibility index (Phi) is 4.29. The highest BCUT2D eigenvalue weighted by Gasteiger charge is 2.13. The second kappa shape index (κ2) is 5.58. The van der Waals surface area contributed by atoms with Crippen LogP contribution in [-0.2, 0) is 0 Å². The molecule has 18 heavy (non-hydrogen) atoms. The molecule has 0 heterocycles. The van der Waals surface area contributed by atoms with Crippen LogP contribution in [0.1, 0.15) is 0 Å². The number of ether oxygens (including phenoxy) is 1. The summed E-state index contributed by atoms with van der Waals surface area (Å²) in [6, 6.07) is 8.61. The van der Waals surface area contributed by atoms with Crippen LogP contribution >= 0.6 is 46.4 Å². The van der Waals surface area contributed by atoms with E-state index >= 15 is 0 Å². The Morgan fingerprint density at radius 2 is 1.56 bits per heavy atom. The van der Waals surface area contributed by atoms with Crippen molar-refractivity contribution in [3.8, 4) is 16.9 Å². The van der Waals surface area contributed by atoms with Gasteiger partial charge in [-0.15, -0.1) is 0 Å². The van der Waals surface area contributed by atoms with E-state index in [1.807, 2.05) is 0 Å². The molecule has 5 heteroatoms. The van der Waals surface area contributed by atoms with E-state index in [1.54, 1.807) is 37.4 Å². The van der Waals surface area contributed by atoms with Gasteiger partial charge in [-0.05, 0) is 35.9 Å². The molecule has 0 aromatic heterocycles. The van der Waals surface area contributed by atoms with Gasteiger partial charge < -0.3 is 4.74 Å². The van der Waals surface area contributed by atoms with Gasteiger partial charge in [0.05, 0.1) is 17.2 Å². The van der Waals surface area contributed by atoms with Gasteiger partial charge >= 0.3 is 0 Å². The van der Waals surface area contributed by atoms with E-state index in [4.69, 9.17) is 51.1 Å². The number of methoxy groups -OCH3 is 1. The van der Waals surface area contributed by atoms with Gasteiger partial charge in [-0.25, -0.2) is 0 Å². The molecule has 1 nitrogen and oxygen atoms in total. The van der Waals surface area contributed by atoms with Crippen molar-refractivity contribution in [3.05, 3.63) is 50.4 Å². The van der Waals surface area contributed by atoms with Gasteiger partial charge in [0, 0.05) is 15.6 Å². The molecule has 0 aliphatic rings. The molecule has 0 atom stereocenters. The van der Waals surface area contributed by atoms with E-state index in [0.29, 0.717) is 31.4 Å². The Morgan fingerprint density at radius 1 is 0.889 bits per heavy atom. The second-order valence-electron chi connectivity index (χ2n) is 3.60. The van der Waals surface area contributed by atoms with Crippen LogP contribution in [0.3, 0.4) is 0 Å². The molecule has 0 amide bonds. The molecule has 94 valence electrons. The van der Waals surface area contributed by atoms with Crippen molar-refractivity contribution >= 4 is 46.4 Å². The summed E-state index contributed by atoms with van der Waals surface area (Å²) < 4.78 is 5.16. The van der Waals surface area contributed by atoms with Crippen molar-refractivity contribution in [1.82, 2.24) is 0 Å². The zero-order chi connectivity index (χ0) is 13.3. The standard InChI is InChI=1S/C13H8Cl4O/c1-18-9-5-7(4-8(14)6-9)12-10(15)2-3-11(16)13(12)17/h2-6H,1H3. The molecule has 0 saturated carbocycles. The van der Waals surface area contributed by atoms with E-state index in [9.17, 15) is 0 Å². The molecule has 2 aromatic rings. The highest BCUT2D eigenvalue weighted by atomic mass is 35.5. The smallest absolute Gasteiger partial charge is 0.120 e. The lowest BCUT2D eigenvalue weighted by atomic mass is 10.1. The van der Waals surface area contributed by atoms with Gasteiger partial charge in [-0.2, -0.15) is 0 Å². The Labute approximate surface area is 125 Å². The largest absolute Gasteiger partial charge is 0.497 e. The fourth-order valence-electron chi connectivity index (χ4n) is 1.62. The Balaban J connectivity index is 2.69. The van der Waals surface area contributed by atoms with Crippen LogP contribution in [0, 0.1) is 0 Å². The second-order valence-corrected chi connectivity index (χ2v) is 5.23. The van der Waals surface area contributed by atoms with Crippen LogP contribution in [0.5, 0.6) is 5.75 Å². The van der Waals surface area contributed by atoms with Crippen molar-refractivity contribution in [2.24, 2.45) is 0 Å². The van der Waals surface area contributed by atoms with Gasteiger partial charge in [0.25, 0.3) is 0 Å². The predicted molar refractivity (Wildman–Crippen MR) is 78.5 cm³/mol. The van der Waals surface area contributed by atoms with Crippen molar-refractivity contribution in [3.63, 3.8) is 0 Å². The lowest BCUT2D eigenvalue weighted by Gasteiger charge is -2.10. The number of benzene rings is 2. The predicted octanol–water partition coefficient (Wildman–Crippen LogP) is 5.98. The maximum Gasteiger partial charge on any atom is 0.120 e. The zero-order valence-electron chi connectivity index (χ0n) is 9.31. The van der Waals surface area contributed by atoms with Crippen LogP contribution in [0.4, 0.5) is 0 Å². The first kappa shape index (κ1) is 13.8. The third-order valence-corrected chi connectivity index (χ3v) is 3.78. The van der Waals surface area contributed by atoms with Gasteiger partial charge in [-0.3, -0.25) is 0 Å². The number of hydrogen-bond donors (Lipinski definition) is 0. The minimum Gasteiger partial charge on any atom is -0.497 e. The Hall–Kier alpha value is -0.600. The number of rotatable bonds is 2. The summed E-state index contributed by atoms with van der Waals surface area (Å²) in [7, 11) is 1.57. The lowest BCUT2D eigenvalue weighted by Crippen LogP contribution is -1.87. The minimum atomic E-state index is 0.397. The van der Waals surface area contributed by atoms with Crippen molar-refractivity contribution in [2.45, 2.75) is 0 Å². The summed E-state index contributed by atoms with van der Waals surface area (Å²) in [5.41, 5.74) is 1.41. The molecule has 0 N–H and O–H groups in total. The van der Waals surface area contributed by atoms with E-state index < -0.39 is 0 Å². The molecule has 2 rings (SSSR count). The SMILES string of the molecule is COc1cc(Cl)cc(-c2c(Cl)ccc(Cl)c2Cl)c1. The molecule has 0 spiro atoms.